The summed E-state index contributed by atoms with van der Waals surface area (Å²) in [5.41, 5.74) is 1.13. The monoisotopic (exact) mass is 292 g/mol. The van der Waals surface area contributed by atoms with Gasteiger partial charge < -0.3 is 10.2 Å². The third-order valence-electron chi connectivity index (χ3n) is 4.02. The van der Waals surface area contributed by atoms with Gasteiger partial charge >= 0.3 is 0 Å². The Morgan fingerprint density at radius 2 is 2.14 bits per heavy atom. The fourth-order valence-electron chi connectivity index (χ4n) is 2.49. The van der Waals surface area contributed by atoms with Crippen LogP contribution in [0.5, 0.6) is 0 Å². The molecule has 1 heterocycles. The van der Waals surface area contributed by atoms with Gasteiger partial charge in [0.25, 0.3) is 0 Å². The highest BCUT2D eigenvalue weighted by Gasteiger charge is 2.34. The van der Waals surface area contributed by atoms with E-state index < -0.39 is 11.9 Å². The average Bonchev–Trinajstić information content (AvgIpc) is 2.60. The maximum atomic E-state index is 14.1. The van der Waals surface area contributed by atoms with Crippen LogP contribution in [0.3, 0.4) is 0 Å². The molecule has 1 aromatic rings. The molecule has 0 aliphatic carbocycles. The Labute approximate surface area is 124 Å². The van der Waals surface area contributed by atoms with Crippen molar-refractivity contribution in [3.05, 3.63) is 29.6 Å². The van der Waals surface area contributed by atoms with Crippen LogP contribution in [0.4, 0.5) is 10.1 Å². The second-order valence-corrected chi connectivity index (χ2v) is 5.63. The number of aryl methyl sites for hydroxylation is 1. The second-order valence-electron chi connectivity index (χ2n) is 5.63. The number of rotatable bonds is 3. The topological polar surface area (TPSA) is 49.4 Å². The van der Waals surface area contributed by atoms with Gasteiger partial charge in [0, 0.05) is 13.0 Å². The molecule has 114 valence electrons. The van der Waals surface area contributed by atoms with Crippen LogP contribution in [0, 0.1) is 18.7 Å². The van der Waals surface area contributed by atoms with Gasteiger partial charge in [-0.15, -0.1) is 0 Å². The molecule has 1 aliphatic heterocycles. The molecule has 1 saturated heterocycles. The smallest absolute Gasteiger partial charge is 0.249 e. The lowest BCUT2D eigenvalue weighted by atomic mass is 9.98. The average molecular weight is 292 g/mol. The molecule has 2 atom stereocenters. The molecule has 1 N–H and O–H groups in total. The highest BCUT2D eigenvalue weighted by Crippen LogP contribution is 2.25. The lowest BCUT2D eigenvalue weighted by Crippen LogP contribution is -2.48. The number of halogens is 1. The molecule has 0 saturated carbocycles. The van der Waals surface area contributed by atoms with Crippen molar-refractivity contribution >= 4 is 17.5 Å². The second kappa shape index (κ2) is 6.24. The van der Waals surface area contributed by atoms with E-state index in [0.717, 1.165) is 12.0 Å². The van der Waals surface area contributed by atoms with Gasteiger partial charge in [-0.3, -0.25) is 9.59 Å². The largest absolute Gasteiger partial charge is 0.344 e. The van der Waals surface area contributed by atoms with Gasteiger partial charge in [0.1, 0.15) is 11.9 Å². The van der Waals surface area contributed by atoms with Gasteiger partial charge in [-0.1, -0.05) is 26.3 Å². The van der Waals surface area contributed by atoms with E-state index in [1.807, 2.05) is 20.8 Å². The Hall–Kier alpha value is -1.91. The van der Waals surface area contributed by atoms with E-state index in [1.165, 1.54) is 11.0 Å². The Morgan fingerprint density at radius 1 is 1.43 bits per heavy atom. The molecule has 0 spiro atoms. The molecule has 2 amide bonds. The fourth-order valence-corrected chi connectivity index (χ4v) is 2.49. The Balaban J connectivity index is 2.39. The maximum absolute atomic E-state index is 14.1. The van der Waals surface area contributed by atoms with Gasteiger partial charge in [0.2, 0.25) is 11.8 Å². The molecule has 0 bridgehead atoms. The molecular weight excluding hydrogens is 271 g/mol. The number of hydrogen-bond donors (Lipinski definition) is 1. The third kappa shape index (κ3) is 3.23. The van der Waals surface area contributed by atoms with Crippen molar-refractivity contribution in [1.29, 1.82) is 0 Å². The van der Waals surface area contributed by atoms with Crippen molar-refractivity contribution in [2.45, 2.75) is 39.7 Å². The number of carbonyl (C=O) groups is 2. The summed E-state index contributed by atoms with van der Waals surface area (Å²) in [6.07, 6.45) is 0.951. The van der Waals surface area contributed by atoms with Crippen molar-refractivity contribution in [3.8, 4) is 0 Å². The summed E-state index contributed by atoms with van der Waals surface area (Å²) < 4.78 is 14.1. The van der Waals surface area contributed by atoms with Crippen LogP contribution in [-0.4, -0.2) is 24.4 Å². The van der Waals surface area contributed by atoms with E-state index in [-0.39, 0.29) is 36.4 Å². The van der Waals surface area contributed by atoms with Gasteiger partial charge in [-0.25, -0.2) is 4.39 Å². The van der Waals surface area contributed by atoms with Crippen LogP contribution in [0.2, 0.25) is 0 Å². The van der Waals surface area contributed by atoms with Crippen LogP contribution in [0.1, 0.15) is 32.3 Å². The molecule has 2 unspecified atom stereocenters. The molecule has 0 radical (unpaired) electrons. The van der Waals surface area contributed by atoms with Gasteiger partial charge in [0.15, 0.2) is 0 Å². The van der Waals surface area contributed by atoms with Crippen molar-refractivity contribution in [3.63, 3.8) is 0 Å². The summed E-state index contributed by atoms with van der Waals surface area (Å²) in [5.74, 6) is -0.829. The van der Waals surface area contributed by atoms with Crippen molar-refractivity contribution < 1.29 is 14.0 Å². The summed E-state index contributed by atoms with van der Waals surface area (Å²) in [7, 11) is 0. The molecule has 0 aromatic heterocycles. The normalized spacial score (nSPS) is 21.0. The van der Waals surface area contributed by atoms with Gasteiger partial charge in [-0.05, 0) is 30.5 Å². The molecule has 5 heteroatoms. The predicted molar refractivity (Wildman–Crippen MR) is 79.5 cm³/mol. The Kier molecular flexibility index (Phi) is 4.60. The van der Waals surface area contributed by atoms with E-state index in [0.29, 0.717) is 0 Å². The third-order valence-corrected chi connectivity index (χ3v) is 4.02. The highest BCUT2D eigenvalue weighted by molar-refractivity contribution is 6.01. The van der Waals surface area contributed by atoms with E-state index in [1.54, 1.807) is 12.1 Å². The zero-order valence-corrected chi connectivity index (χ0v) is 12.6. The van der Waals surface area contributed by atoms with Crippen LogP contribution in [-0.2, 0) is 9.59 Å². The van der Waals surface area contributed by atoms with Gasteiger partial charge in [0.05, 0.1) is 5.69 Å². The predicted octanol–water partition coefficient (Wildman–Crippen LogP) is 2.40. The molecule has 1 aromatic carbocycles. The maximum Gasteiger partial charge on any atom is 0.249 e. The lowest BCUT2D eigenvalue weighted by molar-refractivity contribution is -0.126. The van der Waals surface area contributed by atoms with E-state index >= 15 is 0 Å². The number of hydrogen-bond acceptors (Lipinski definition) is 2. The molecular formula is C16H21FN2O2. The Morgan fingerprint density at radius 3 is 2.81 bits per heavy atom. The first-order valence-electron chi connectivity index (χ1n) is 7.31. The minimum atomic E-state index is -0.593. The molecule has 21 heavy (non-hydrogen) atoms. The highest BCUT2D eigenvalue weighted by atomic mass is 19.1. The summed E-state index contributed by atoms with van der Waals surface area (Å²) in [5, 5.41) is 2.76. The molecule has 1 fully saturated rings. The van der Waals surface area contributed by atoms with Gasteiger partial charge in [-0.2, -0.15) is 0 Å². The quantitative estimate of drug-likeness (QED) is 0.930. The first-order valence-corrected chi connectivity index (χ1v) is 7.31. The van der Waals surface area contributed by atoms with Crippen LogP contribution < -0.4 is 10.2 Å². The number of nitrogens with one attached hydrogen (secondary N) is 1. The zero-order chi connectivity index (χ0) is 15.6. The summed E-state index contributed by atoms with van der Waals surface area (Å²) in [4.78, 5) is 25.9. The van der Waals surface area contributed by atoms with E-state index in [4.69, 9.17) is 0 Å². The number of nitrogens with zero attached hydrogens (tertiary/aromatic N) is 1. The van der Waals surface area contributed by atoms with E-state index in [9.17, 15) is 14.0 Å². The van der Waals surface area contributed by atoms with Crippen molar-refractivity contribution in [2.75, 3.05) is 11.4 Å². The lowest BCUT2D eigenvalue weighted by Gasteiger charge is -2.27. The zero-order valence-electron chi connectivity index (χ0n) is 12.6. The van der Waals surface area contributed by atoms with Crippen LogP contribution in [0.25, 0.3) is 0 Å². The summed E-state index contributed by atoms with van der Waals surface area (Å²) in [6.45, 7) is 5.93. The number of amides is 2. The number of anilines is 1. The Bertz CT molecular complexity index is 559. The molecule has 2 rings (SSSR count). The van der Waals surface area contributed by atoms with Crippen molar-refractivity contribution in [2.24, 2.45) is 5.92 Å². The minimum absolute atomic E-state index is 0.00919. The van der Waals surface area contributed by atoms with Crippen LogP contribution >= 0.6 is 0 Å². The number of benzene rings is 1. The first-order chi connectivity index (χ1) is 9.93. The summed E-state index contributed by atoms with van der Waals surface area (Å²) >= 11 is 0. The molecule has 4 nitrogen and oxygen atoms in total. The van der Waals surface area contributed by atoms with Crippen LogP contribution in [0.15, 0.2) is 18.2 Å². The fraction of sp³-hybridized carbons (Fsp3) is 0.500. The van der Waals surface area contributed by atoms with E-state index in [2.05, 4.69) is 5.32 Å². The number of carbonyl (C=O) groups excluding carboxylic acids is 2. The summed E-state index contributed by atoms with van der Waals surface area (Å²) in [6, 6.07) is 4.08. The molecule has 1 aliphatic rings. The first kappa shape index (κ1) is 15.5. The minimum Gasteiger partial charge on any atom is -0.344 e. The van der Waals surface area contributed by atoms with Crippen molar-refractivity contribution in [1.82, 2.24) is 5.32 Å². The SMILES string of the molecule is CCC(C)C1NC(=O)CCN(c2cc(C)ccc2F)C1=O. The standard InChI is InChI=1S/C16H21FN2O2/c1-4-11(3)15-16(21)19(8-7-14(20)18-15)13-9-10(2)5-6-12(13)17/h5-6,9,11,15H,4,7-8H2,1-3H3,(H,18,20).